The van der Waals surface area contributed by atoms with Crippen LogP contribution in [0.15, 0.2) is 18.2 Å². The van der Waals surface area contributed by atoms with Crippen molar-refractivity contribution in [1.82, 2.24) is 4.90 Å². The Balaban J connectivity index is 2.01. The van der Waals surface area contributed by atoms with Gasteiger partial charge in [0.25, 0.3) is 0 Å². The van der Waals surface area contributed by atoms with Crippen molar-refractivity contribution in [1.29, 1.82) is 0 Å². The Kier molecular flexibility index (Phi) is 4.41. The fourth-order valence-electron chi connectivity index (χ4n) is 2.36. The number of benzene rings is 1. The Bertz CT molecular complexity index is 436. The molecule has 1 fully saturated rings. The van der Waals surface area contributed by atoms with Crippen LogP contribution in [0.1, 0.15) is 35.7 Å². The number of likely N-dealkylation sites (tertiary alicyclic amines) is 1. The number of hydrogen-bond donors (Lipinski definition) is 0. The maximum atomic E-state index is 12.2. The van der Waals surface area contributed by atoms with Gasteiger partial charge in [0.05, 0.1) is 11.6 Å². The number of rotatable bonds is 3. The average molecular weight is 266 g/mol. The van der Waals surface area contributed by atoms with Crippen molar-refractivity contribution >= 4 is 17.4 Å². The van der Waals surface area contributed by atoms with Gasteiger partial charge in [-0.15, -0.1) is 0 Å². The minimum Gasteiger partial charge on any atom is -0.296 e. The van der Waals surface area contributed by atoms with E-state index in [0.29, 0.717) is 17.1 Å². The summed E-state index contributed by atoms with van der Waals surface area (Å²) in [6.07, 6.45) is 2.38. The molecule has 1 aromatic carbocycles. The van der Waals surface area contributed by atoms with Crippen LogP contribution in [0.4, 0.5) is 0 Å². The molecule has 1 aliphatic heterocycles. The summed E-state index contributed by atoms with van der Waals surface area (Å²) < 4.78 is 0. The monoisotopic (exact) mass is 265 g/mol. The van der Waals surface area contributed by atoms with E-state index in [1.54, 1.807) is 0 Å². The summed E-state index contributed by atoms with van der Waals surface area (Å²) in [6, 6.07) is 5.63. The highest BCUT2D eigenvalue weighted by molar-refractivity contribution is 6.34. The number of aryl methyl sites for hydroxylation is 1. The zero-order valence-electron chi connectivity index (χ0n) is 11.1. The van der Waals surface area contributed by atoms with Crippen molar-refractivity contribution < 1.29 is 4.79 Å². The van der Waals surface area contributed by atoms with Gasteiger partial charge >= 0.3 is 0 Å². The Morgan fingerprint density at radius 3 is 2.72 bits per heavy atom. The minimum absolute atomic E-state index is 0.137. The van der Waals surface area contributed by atoms with Crippen molar-refractivity contribution in [3.8, 4) is 0 Å². The quantitative estimate of drug-likeness (QED) is 0.779. The van der Waals surface area contributed by atoms with Crippen LogP contribution in [0, 0.1) is 12.8 Å². The second-order valence-electron chi connectivity index (χ2n) is 5.37. The molecule has 0 bridgehead atoms. The number of carbonyl (C=O) groups excluding carboxylic acids is 1. The summed E-state index contributed by atoms with van der Waals surface area (Å²) in [5.74, 6) is 0.928. The fourth-order valence-corrected chi connectivity index (χ4v) is 2.58. The number of ketones is 1. The van der Waals surface area contributed by atoms with E-state index in [9.17, 15) is 4.79 Å². The molecule has 0 atom stereocenters. The molecule has 1 saturated heterocycles. The van der Waals surface area contributed by atoms with Crippen molar-refractivity contribution in [2.45, 2.75) is 26.7 Å². The lowest BCUT2D eigenvalue weighted by Gasteiger charge is -2.29. The van der Waals surface area contributed by atoms with Gasteiger partial charge in [-0.25, -0.2) is 0 Å². The van der Waals surface area contributed by atoms with Crippen LogP contribution in [0.5, 0.6) is 0 Å². The molecular weight excluding hydrogens is 246 g/mol. The molecule has 98 valence electrons. The normalized spacial score (nSPS) is 17.9. The van der Waals surface area contributed by atoms with Crippen LogP contribution in [0.2, 0.25) is 5.02 Å². The van der Waals surface area contributed by atoms with Gasteiger partial charge in [-0.3, -0.25) is 9.69 Å². The van der Waals surface area contributed by atoms with Crippen LogP contribution in [-0.4, -0.2) is 30.3 Å². The molecule has 2 nitrogen and oxygen atoms in total. The Labute approximate surface area is 114 Å². The first-order chi connectivity index (χ1) is 8.56. The fraction of sp³-hybridized carbons (Fsp3) is 0.533. The molecule has 1 aromatic rings. The number of Topliss-reactive ketones (excluding diaryl/α,β-unsaturated/α-hetero) is 1. The van der Waals surface area contributed by atoms with Crippen molar-refractivity contribution in [3.63, 3.8) is 0 Å². The van der Waals surface area contributed by atoms with Crippen LogP contribution in [0.25, 0.3) is 0 Å². The topological polar surface area (TPSA) is 20.3 Å². The second-order valence-corrected chi connectivity index (χ2v) is 5.77. The van der Waals surface area contributed by atoms with Gasteiger partial charge < -0.3 is 0 Å². The summed E-state index contributed by atoms with van der Waals surface area (Å²) in [5.41, 5.74) is 1.74. The molecule has 1 aliphatic rings. The van der Waals surface area contributed by atoms with Crippen LogP contribution in [0.3, 0.4) is 0 Å². The van der Waals surface area contributed by atoms with Gasteiger partial charge in [0.15, 0.2) is 5.78 Å². The summed E-state index contributed by atoms with van der Waals surface area (Å²) in [7, 11) is 0. The van der Waals surface area contributed by atoms with E-state index in [4.69, 9.17) is 11.6 Å². The maximum Gasteiger partial charge on any atom is 0.178 e. The molecule has 1 heterocycles. The lowest BCUT2D eigenvalue weighted by Crippen LogP contribution is -2.36. The van der Waals surface area contributed by atoms with E-state index in [0.717, 1.165) is 24.6 Å². The molecule has 0 radical (unpaired) electrons. The van der Waals surface area contributed by atoms with E-state index in [-0.39, 0.29) is 5.78 Å². The highest BCUT2D eigenvalue weighted by atomic mass is 35.5. The van der Waals surface area contributed by atoms with Crippen molar-refractivity contribution in [2.75, 3.05) is 19.6 Å². The summed E-state index contributed by atoms with van der Waals surface area (Å²) >= 11 is 6.09. The number of carbonyl (C=O) groups is 1. The van der Waals surface area contributed by atoms with E-state index >= 15 is 0 Å². The van der Waals surface area contributed by atoms with Gasteiger partial charge in [-0.2, -0.15) is 0 Å². The third-order valence-electron chi connectivity index (χ3n) is 3.67. The Hall–Kier alpha value is -0.860. The number of nitrogens with zero attached hydrogens (tertiary/aromatic N) is 1. The Morgan fingerprint density at radius 2 is 2.06 bits per heavy atom. The first kappa shape index (κ1) is 13.6. The molecule has 0 aromatic heterocycles. The molecule has 3 heteroatoms. The smallest absolute Gasteiger partial charge is 0.178 e. The highest BCUT2D eigenvalue weighted by Crippen LogP contribution is 2.20. The number of hydrogen-bond acceptors (Lipinski definition) is 2. The van der Waals surface area contributed by atoms with Crippen LogP contribution in [-0.2, 0) is 0 Å². The van der Waals surface area contributed by atoms with E-state index in [2.05, 4.69) is 11.8 Å². The molecular formula is C15H20ClNO. The molecule has 0 N–H and O–H groups in total. The van der Waals surface area contributed by atoms with Crippen molar-refractivity contribution in [3.05, 3.63) is 34.3 Å². The zero-order chi connectivity index (χ0) is 13.1. The standard InChI is InChI=1S/C15H20ClNO/c1-11-5-7-17(8-6-11)10-15(18)13-9-12(2)3-4-14(13)16/h3-4,9,11H,5-8,10H2,1-2H3. The molecule has 0 spiro atoms. The Morgan fingerprint density at radius 1 is 1.39 bits per heavy atom. The molecule has 0 aliphatic carbocycles. The van der Waals surface area contributed by atoms with Crippen LogP contribution < -0.4 is 0 Å². The highest BCUT2D eigenvalue weighted by Gasteiger charge is 2.19. The molecule has 18 heavy (non-hydrogen) atoms. The number of piperidine rings is 1. The maximum absolute atomic E-state index is 12.2. The lowest BCUT2D eigenvalue weighted by atomic mass is 9.98. The molecule has 0 saturated carbocycles. The van der Waals surface area contributed by atoms with E-state index in [1.165, 1.54) is 12.8 Å². The second kappa shape index (κ2) is 5.85. The molecule has 0 amide bonds. The zero-order valence-corrected chi connectivity index (χ0v) is 11.8. The summed E-state index contributed by atoms with van der Waals surface area (Å²) in [5, 5.41) is 0.566. The van der Waals surface area contributed by atoms with E-state index in [1.807, 2.05) is 25.1 Å². The van der Waals surface area contributed by atoms with Crippen molar-refractivity contribution in [2.24, 2.45) is 5.92 Å². The van der Waals surface area contributed by atoms with Gasteiger partial charge in [0, 0.05) is 5.56 Å². The van der Waals surface area contributed by atoms with Crippen LogP contribution >= 0.6 is 11.6 Å². The first-order valence-electron chi connectivity index (χ1n) is 6.58. The summed E-state index contributed by atoms with van der Waals surface area (Å²) in [6.45, 7) is 6.80. The van der Waals surface area contributed by atoms with Gasteiger partial charge in [-0.05, 0) is 50.9 Å². The number of halogens is 1. The SMILES string of the molecule is Cc1ccc(Cl)c(C(=O)CN2CCC(C)CC2)c1. The molecule has 0 unspecified atom stereocenters. The van der Waals surface area contributed by atoms with Gasteiger partial charge in [0.1, 0.15) is 0 Å². The predicted octanol–water partition coefficient (Wildman–Crippen LogP) is 3.56. The first-order valence-corrected chi connectivity index (χ1v) is 6.96. The largest absolute Gasteiger partial charge is 0.296 e. The third kappa shape index (κ3) is 3.33. The lowest BCUT2D eigenvalue weighted by molar-refractivity contribution is 0.0900. The predicted molar refractivity (Wildman–Crippen MR) is 75.4 cm³/mol. The van der Waals surface area contributed by atoms with E-state index < -0.39 is 0 Å². The third-order valence-corrected chi connectivity index (χ3v) is 4.00. The van der Waals surface area contributed by atoms with Gasteiger partial charge in [-0.1, -0.05) is 30.2 Å². The minimum atomic E-state index is 0.137. The average Bonchev–Trinajstić information content (AvgIpc) is 2.35. The summed E-state index contributed by atoms with van der Waals surface area (Å²) in [4.78, 5) is 14.5. The van der Waals surface area contributed by atoms with Gasteiger partial charge in [0.2, 0.25) is 0 Å². The molecule has 2 rings (SSSR count).